The predicted octanol–water partition coefficient (Wildman–Crippen LogP) is 1.79. The summed E-state index contributed by atoms with van der Waals surface area (Å²) in [4.78, 5) is 6.81. The average molecular weight is 236 g/mol. The molecule has 2 atom stereocenters. The molecular formula is C11H16N4O2. The Morgan fingerprint density at radius 1 is 1.41 bits per heavy atom. The second-order valence-electron chi connectivity index (χ2n) is 3.88. The summed E-state index contributed by atoms with van der Waals surface area (Å²) in [7, 11) is 0. The van der Waals surface area contributed by atoms with Crippen LogP contribution in [0.2, 0.25) is 0 Å². The number of aryl methyl sites for hydroxylation is 2. The van der Waals surface area contributed by atoms with Gasteiger partial charge in [-0.2, -0.15) is 0 Å². The maximum atomic E-state index is 9.94. The van der Waals surface area contributed by atoms with E-state index in [4.69, 9.17) is 5.53 Å². The standard InChI is InChI=1S/C11H16N4O2/c1-7-3-4-9(8(2)14-7)11(17)10(16)5-6-13-15-12/h3-4,10-11,16-17H,5-6H2,1-2H3. The van der Waals surface area contributed by atoms with Gasteiger partial charge in [-0.05, 0) is 31.9 Å². The first-order chi connectivity index (χ1) is 8.06. The van der Waals surface area contributed by atoms with Crippen molar-refractivity contribution in [2.75, 3.05) is 6.54 Å². The van der Waals surface area contributed by atoms with Crippen LogP contribution in [0.5, 0.6) is 0 Å². The van der Waals surface area contributed by atoms with Gasteiger partial charge in [-0.3, -0.25) is 4.98 Å². The Balaban J connectivity index is 2.73. The molecule has 6 heteroatoms. The highest BCUT2D eigenvalue weighted by Crippen LogP contribution is 2.21. The number of aliphatic hydroxyl groups is 2. The third-order valence-corrected chi connectivity index (χ3v) is 2.54. The third kappa shape index (κ3) is 3.71. The fourth-order valence-electron chi connectivity index (χ4n) is 1.61. The zero-order valence-electron chi connectivity index (χ0n) is 9.91. The summed E-state index contributed by atoms with van der Waals surface area (Å²) in [5.41, 5.74) is 10.3. The van der Waals surface area contributed by atoms with Crippen LogP contribution in [-0.4, -0.2) is 27.8 Å². The Morgan fingerprint density at radius 3 is 2.71 bits per heavy atom. The highest BCUT2D eigenvalue weighted by Gasteiger charge is 2.19. The number of aliphatic hydroxyl groups excluding tert-OH is 2. The van der Waals surface area contributed by atoms with E-state index in [0.29, 0.717) is 11.3 Å². The molecule has 2 unspecified atom stereocenters. The summed E-state index contributed by atoms with van der Waals surface area (Å²) in [6, 6.07) is 3.53. The van der Waals surface area contributed by atoms with Crippen LogP contribution < -0.4 is 0 Å². The number of hydrogen-bond acceptors (Lipinski definition) is 4. The first-order valence-corrected chi connectivity index (χ1v) is 5.37. The molecule has 1 heterocycles. The number of azide groups is 1. The summed E-state index contributed by atoms with van der Waals surface area (Å²) in [5.74, 6) is 0. The van der Waals surface area contributed by atoms with E-state index in [1.54, 1.807) is 19.1 Å². The molecule has 2 N–H and O–H groups in total. The van der Waals surface area contributed by atoms with Gasteiger partial charge in [0, 0.05) is 28.4 Å². The maximum absolute atomic E-state index is 9.94. The van der Waals surface area contributed by atoms with Crippen molar-refractivity contribution in [3.8, 4) is 0 Å². The van der Waals surface area contributed by atoms with Gasteiger partial charge < -0.3 is 10.2 Å². The van der Waals surface area contributed by atoms with Crippen molar-refractivity contribution < 1.29 is 10.2 Å². The van der Waals surface area contributed by atoms with Crippen molar-refractivity contribution in [2.45, 2.75) is 32.5 Å². The van der Waals surface area contributed by atoms with Gasteiger partial charge in [-0.1, -0.05) is 11.2 Å². The summed E-state index contributed by atoms with van der Waals surface area (Å²) in [6.45, 7) is 3.81. The molecule has 1 aromatic heterocycles. The zero-order chi connectivity index (χ0) is 12.8. The van der Waals surface area contributed by atoms with Crippen LogP contribution in [0, 0.1) is 13.8 Å². The highest BCUT2D eigenvalue weighted by molar-refractivity contribution is 5.24. The number of hydrogen-bond donors (Lipinski definition) is 2. The molecule has 0 aliphatic heterocycles. The third-order valence-electron chi connectivity index (χ3n) is 2.54. The molecule has 0 spiro atoms. The van der Waals surface area contributed by atoms with E-state index in [0.717, 1.165) is 5.69 Å². The van der Waals surface area contributed by atoms with Gasteiger partial charge in [0.05, 0.1) is 6.10 Å². The van der Waals surface area contributed by atoms with Crippen LogP contribution in [0.3, 0.4) is 0 Å². The molecule has 92 valence electrons. The normalized spacial score (nSPS) is 13.9. The Kier molecular flexibility index (Phi) is 4.90. The first-order valence-electron chi connectivity index (χ1n) is 5.37. The van der Waals surface area contributed by atoms with E-state index >= 15 is 0 Å². The fourth-order valence-corrected chi connectivity index (χ4v) is 1.61. The van der Waals surface area contributed by atoms with Gasteiger partial charge in [0.2, 0.25) is 0 Å². The molecule has 0 bridgehead atoms. The Hall–Kier alpha value is -1.62. The van der Waals surface area contributed by atoms with Gasteiger partial charge >= 0.3 is 0 Å². The minimum Gasteiger partial charge on any atom is -0.390 e. The lowest BCUT2D eigenvalue weighted by atomic mass is 10.0. The predicted molar refractivity (Wildman–Crippen MR) is 63.3 cm³/mol. The molecule has 0 saturated carbocycles. The minimum atomic E-state index is -1.00. The van der Waals surface area contributed by atoms with Crippen LogP contribution in [0.25, 0.3) is 10.4 Å². The number of rotatable bonds is 5. The molecule has 0 aliphatic carbocycles. The molecule has 0 aliphatic rings. The summed E-state index contributed by atoms with van der Waals surface area (Å²) < 4.78 is 0. The lowest BCUT2D eigenvalue weighted by Crippen LogP contribution is -2.20. The van der Waals surface area contributed by atoms with Crippen molar-refractivity contribution in [3.05, 3.63) is 39.5 Å². The Morgan fingerprint density at radius 2 is 2.12 bits per heavy atom. The first kappa shape index (κ1) is 13.4. The van der Waals surface area contributed by atoms with E-state index in [2.05, 4.69) is 15.0 Å². The molecule has 0 radical (unpaired) electrons. The molecule has 0 aromatic carbocycles. The smallest absolute Gasteiger partial charge is 0.107 e. The van der Waals surface area contributed by atoms with Crippen molar-refractivity contribution in [1.29, 1.82) is 0 Å². The van der Waals surface area contributed by atoms with E-state index in [9.17, 15) is 10.2 Å². The largest absolute Gasteiger partial charge is 0.390 e. The molecule has 0 saturated heterocycles. The molecule has 6 nitrogen and oxygen atoms in total. The van der Waals surface area contributed by atoms with Gasteiger partial charge in [-0.15, -0.1) is 0 Å². The van der Waals surface area contributed by atoms with Crippen molar-refractivity contribution in [3.63, 3.8) is 0 Å². The SMILES string of the molecule is Cc1ccc(C(O)C(O)CCN=[N+]=[N-])c(C)n1. The second kappa shape index (κ2) is 6.20. The van der Waals surface area contributed by atoms with Crippen molar-refractivity contribution >= 4 is 0 Å². The summed E-state index contributed by atoms with van der Waals surface area (Å²) >= 11 is 0. The average Bonchev–Trinajstić information content (AvgIpc) is 2.28. The van der Waals surface area contributed by atoms with Crippen LogP contribution in [0.1, 0.15) is 29.5 Å². The van der Waals surface area contributed by atoms with Gasteiger partial charge in [0.15, 0.2) is 0 Å². The van der Waals surface area contributed by atoms with Gasteiger partial charge in [-0.25, -0.2) is 0 Å². The molecule has 0 fully saturated rings. The van der Waals surface area contributed by atoms with E-state index in [1.807, 2.05) is 6.92 Å². The Labute approximate surface area is 99.6 Å². The summed E-state index contributed by atoms with van der Waals surface area (Å²) in [5, 5.41) is 23.0. The number of nitrogens with zero attached hydrogens (tertiary/aromatic N) is 4. The van der Waals surface area contributed by atoms with Gasteiger partial charge in [0.25, 0.3) is 0 Å². The lowest BCUT2D eigenvalue weighted by Gasteiger charge is -2.18. The van der Waals surface area contributed by atoms with Crippen LogP contribution in [-0.2, 0) is 0 Å². The van der Waals surface area contributed by atoms with E-state index < -0.39 is 12.2 Å². The van der Waals surface area contributed by atoms with Crippen LogP contribution in [0.15, 0.2) is 17.2 Å². The van der Waals surface area contributed by atoms with Crippen molar-refractivity contribution in [2.24, 2.45) is 5.11 Å². The monoisotopic (exact) mass is 236 g/mol. The highest BCUT2D eigenvalue weighted by atomic mass is 16.3. The lowest BCUT2D eigenvalue weighted by molar-refractivity contribution is 0.0144. The zero-order valence-corrected chi connectivity index (χ0v) is 9.91. The second-order valence-corrected chi connectivity index (χ2v) is 3.88. The topological polar surface area (TPSA) is 102 Å². The van der Waals surface area contributed by atoms with Crippen LogP contribution in [0.4, 0.5) is 0 Å². The summed E-state index contributed by atoms with van der Waals surface area (Å²) in [6.07, 6.45) is -1.74. The molecule has 17 heavy (non-hydrogen) atoms. The quantitative estimate of drug-likeness (QED) is 0.462. The van der Waals surface area contributed by atoms with E-state index in [1.165, 1.54) is 0 Å². The fraction of sp³-hybridized carbons (Fsp3) is 0.545. The molecular weight excluding hydrogens is 220 g/mol. The van der Waals surface area contributed by atoms with Gasteiger partial charge in [0.1, 0.15) is 6.10 Å². The molecule has 1 rings (SSSR count). The van der Waals surface area contributed by atoms with Crippen molar-refractivity contribution in [1.82, 2.24) is 4.98 Å². The van der Waals surface area contributed by atoms with Crippen LogP contribution >= 0.6 is 0 Å². The number of pyridine rings is 1. The maximum Gasteiger partial charge on any atom is 0.107 e. The molecule has 1 aromatic rings. The Bertz CT molecular complexity index is 429. The van der Waals surface area contributed by atoms with E-state index in [-0.39, 0.29) is 13.0 Å². The minimum absolute atomic E-state index is 0.160. The molecule has 0 amide bonds. The number of aromatic nitrogens is 1.